The second-order valence-electron chi connectivity index (χ2n) is 25.3. The lowest BCUT2D eigenvalue weighted by Gasteiger charge is -2.22. The predicted molar refractivity (Wildman–Crippen MR) is 400 cm³/mol. The van der Waals surface area contributed by atoms with Crippen LogP contribution in [0.15, 0.2) is 218 Å². The van der Waals surface area contributed by atoms with Gasteiger partial charge < -0.3 is 72.7 Å². The van der Waals surface area contributed by atoms with Crippen LogP contribution < -0.4 is 28.4 Å². The smallest absolute Gasteiger partial charge is 0.338 e. The quantitative estimate of drug-likeness (QED) is 0.0244. The van der Waals surface area contributed by atoms with Crippen LogP contribution >= 0.6 is 0 Å². The molecule has 105 heavy (non-hydrogen) atoms. The van der Waals surface area contributed by atoms with E-state index in [1.807, 2.05) is 190 Å². The van der Waals surface area contributed by atoms with E-state index in [1.54, 1.807) is 21.3 Å². The third-order valence-electron chi connectivity index (χ3n) is 16.3. The number of carbonyl (C=O) groups is 6. The number of methoxy groups -OCH3 is 3. The number of carboxylic acids is 3. The predicted octanol–water partition coefficient (Wildman–Crippen LogP) is 13.0. The molecule has 9 aromatic rings. The summed E-state index contributed by atoms with van der Waals surface area (Å²) in [5, 5.41) is 27.4. The standard InChI is InChI=1S/3C28H31NO6/c2*1-29(2)18-25(35-28(32)23-9-6-8-22(17-23)27(30)31)19-34-26-10-5-4-7-21(26)14-11-20-12-15-24(33-3)16-13-20;1-29(2)18-25(35-28(32)23-14-12-22(13-15-23)27(30)31)19-34-26-7-5-4-6-21(26)11-8-20-9-16-24(33-3)17-10-20/h2*4-10,12-13,15-17,25H,11,14,18-19H2,1-3H3,(H,30,31);4-7,9-10,12-17,25H,8,11,18-19H2,1-3H3,(H,30,31)/t2*25-;/m10./s1. The van der Waals surface area contributed by atoms with Crippen LogP contribution in [0.2, 0.25) is 0 Å². The van der Waals surface area contributed by atoms with Crippen LogP contribution in [0.3, 0.4) is 0 Å². The van der Waals surface area contributed by atoms with Gasteiger partial charge in [0.25, 0.3) is 0 Å². The second kappa shape index (κ2) is 42.2. The number of likely N-dealkylation sites (N-methyl/N-ethyl adjacent to an activating group) is 3. The van der Waals surface area contributed by atoms with Gasteiger partial charge in [-0.15, -0.1) is 0 Å². The van der Waals surface area contributed by atoms with Crippen molar-refractivity contribution in [3.05, 3.63) is 285 Å². The fraction of sp³-hybridized carbons (Fsp3) is 0.286. The Hall–Kier alpha value is -11.5. The van der Waals surface area contributed by atoms with Crippen LogP contribution in [-0.2, 0) is 52.7 Å². The third kappa shape index (κ3) is 27.6. The minimum Gasteiger partial charge on any atom is -0.497 e. The first-order valence-electron chi connectivity index (χ1n) is 34.1. The van der Waals surface area contributed by atoms with Crippen molar-refractivity contribution >= 4 is 35.8 Å². The summed E-state index contributed by atoms with van der Waals surface area (Å²) < 4.78 is 51.0. The molecule has 0 bridgehead atoms. The molecule has 3 atom stereocenters. The normalized spacial score (nSPS) is 11.7. The van der Waals surface area contributed by atoms with Crippen molar-refractivity contribution in [1.82, 2.24) is 14.7 Å². The molecule has 0 saturated heterocycles. The van der Waals surface area contributed by atoms with E-state index in [9.17, 15) is 39.0 Å². The lowest BCUT2D eigenvalue weighted by Crippen LogP contribution is -2.35. The third-order valence-corrected chi connectivity index (χ3v) is 16.3. The van der Waals surface area contributed by atoms with E-state index in [1.165, 1.54) is 89.5 Å². The number of carbonyl (C=O) groups excluding carboxylic acids is 3. The average Bonchev–Trinajstić information content (AvgIpc) is 0.877. The Labute approximate surface area is 614 Å². The minimum atomic E-state index is -1.10. The maximum atomic E-state index is 12.7. The lowest BCUT2D eigenvalue weighted by atomic mass is 10.0. The summed E-state index contributed by atoms with van der Waals surface area (Å²) in [6.45, 7) is 1.92. The molecule has 0 aliphatic rings. The number of para-hydroxylation sites is 3. The van der Waals surface area contributed by atoms with Crippen molar-refractivity contribution in [2.75, 3.05) is 103 Å². The summed E-state index contributed by atoms with van der Waals surface area (Å²) in [6.07, 6.45) is 3.35. The Morgan fingerprint density at radius 2 is 0.571 bits per heavy atom. The molecule has 0 radical (unpaired) electrons. The Balaban J connectivity index is 0.000000220. The van der Waals surface area contributed by atoms with Gasteiger partial charge in [0.15, 0.2) is 0 Å². The topological polar surface area (TPSA) is 256 Å². The maximum Gasteiger partial charge on any atom is 0.338 e. The fourth-order valence-corrected chi connectivity index (χ4v) is 10.9. The second-order valence-corrected chi connectivity index (χ2v) is 25.3. The Morgan fingerprint density at radius 3 is 0.848 bits per heavy atom. The van der Waals surface area contributed by atoms with Crippen molar-refractivity contribution in [2.45, 2.75) is 56.8 Å². The molecular weight excluding hydrogens is 1340 g/mol. The number of hydrogen-bond donors (Lipinski definition) is 3. The first-order chi connectivity index (χ1) is 50.6. The molecule has 0 aliphatic heterocycles. The SMILES string of the molecule is COc1ccc(CCc2ccccc2OCC(CN(C)C)OC(=O)c2ccc(C(=O)O)cc2)cc1.COc1ccc(CCc2ccccc2OC[C@@H](CN(C)C)OC(=O)c2cccc(C(=O)O)c2)cc1.COc1ccc(CCc2ccccc2OC[C@H](CN(C)C)OC(=O)c2cccc(C(=O)O)c2)cc1. The Kier molecular flexibility index (Phi) is 32.4. The minimum absolute atomic E-state index is 0.0330. The molecule has 0 aliphatic carbocycles. The summed E-state index contributed by atoms with van der Waals surface area (Å²) in [7, 11) is 16.3. The van der Waals surface area contributed by atoms with E-state index in [2.05, 4.69) is 12.1 Å². The molecule has 0 heterocycles. The van der Waals surface area contributed by atoms with Crippen molar-refractivity contribution in [1.29, 1.82) is 0 Å². The van der Waals surface area contributed by atoms with E-state index < -0.39 is 54.1 Å². The largest absolute Gasteiger partial charge is 0.497 e. The first kappa shape index (κ1) is 80.8. The number of esters is 3. The van der Waals surface area contributed by atoms with Gasteiger partial charge in [0.05, 0.1) is 54.7 Å². The zero-order valence-corrected chi connectivity index (χ0v) is 60.8. The summed E-state index contributed by atoms with van der Waals surface area (Å²) in [4.78, 5) is 77.3. The van der Waals surface area contributed by atoms with Crippen molar-refractivity contribution < 1.29 is 86.7 Å². The number of carboxylic acid groups (broad SMARTS) is 3. The average molecular weight is 1430 g/mol. The zero-order chi connectivity index (χ0) is 75.6. The molecule has 9 aromatic carbocycles. The molecule has 21 nitrogen and oxygen atoms in total. The van der Waals surface area contributed by atoms with Gasteiger partial charge in [0.1, 0.15) is 72.6 Å². The van der Waals surface area contributed by atoms with Crippen LogP contribution in [0.5, 0.6) is 34.5 Å². The van der Waals surface area contributed by atoms with Crippen molar-refractivity contribution in [2.24, 2.45) is 0 Å². The molecular formula is C84H93N3O18. The van der Waals surface area contributed by atoms with Crippen LogP contribution in [-0.4, -0.2) is 187 Å². The number of benzene rings is 9. The van der Waals surface area contributed by atoms with Gasteiger partial charge in [-0.1, -0.05) is 103 Å². The monoisotopic (exact) mass is 1430 g/mol. The molecule has 0 amide bonds. The lowest BCUT2D eigenvalue weighted by molar-refractivity contribution is 0.00957. The molecule has 0 fully saturated rings. The zero-order valence-electron chi connectivity index (χ0n) is 60.8. The van der Waals surface area contributed by atoms with Crippen LogP contribution in [0, 0.1) is 0 Å². The van der Waals surface area contributed by atoms with E-state index >= 15 is 0 Å². The summed E-state index contributed by atoms with van der Waals surface area (Å²) in [5.41, 5.74) is 7.64. The summed E-state index contributed by atoms with van der Waals surface area (Å²) in [6, 6.07) is 64.8. The fourth-order valence-electron chi connectivity index (χ4n) is 10.9. The molecule has 0 saturated carbocycles. The van der Waals surface area contributed by atoms with Gasteiger partial charge in [0, 0.05) is 19.6 Å². The van der Waals surface area contributed by atoms with E-state index in [0.717, 1.165) is 89.7 Å². The van der Waals surface area contributed by atoms with Crippen molar-refractivity contribution in [3.63, 3.8) is 0 Å². The van der Waals surface area contributed by atoms with Crippen LogP contribution in [0.4, 0.5) is 0 Å². The number of aromatic carboxylic acids is 3. The van der Waals surface area contributed by atoms with Gasteiger partial charge in [-0.25, -0.2) is 28.8 Å². The highest BCUT2D eigenvalue weighted by Crippen LogP contribution is 2.26. The van der Waals surface area contributed by atoms with E-state index in [-0.39, 0.29) is 47.6 Å². The van der Waals surface area contributed by atoms with Gasteiger partial charge in [-0.05, 0) is 229 Å². The van der Waals surface area contributed by atoms with E-state index in [0.29, 0.717) is 25.2 Å². The molecule has 1 unspecified atom stereocenters. The molecule has 552 valence electrons. The number of rotatable bonds is 36. The number of nitrogens with zero attached hydrogens (tertiary/aromatic N) is 3. The highest BCUT2D eigenvalue weighted by molar-refractivity contribution is 5.96. The number of ether oxygens (including phenoxy) is 9. The highest BCUT2D eigenvalue weighted by atomic mass is 16.6. The Morgan fingerprint density at radius 1 is 0.305 bits per heavy atom. The van der Waals surface area contributed by atoms with Crippen LogP contribution in [0.1, 0.15) is 95.5 Å². The van der Waals surface area contributed by atoms with Crippen molar-refractivity contribution in [3.8, 4) is 34.5 Å². The Bertz CT molecular complexity index is 4040. The summed E-state index contributed by atoms with van der Waals surface area (Å²) in [5.74, 6) is -0.210. The maximum absolute atomic E-state index is 12.7. The van der Waals surface area contributed by atoms with Gasteiger partial charge in [-0.3, -0.25) is 0 Å². The molecule has 0 spiro atoms. The van der Waals surface area contributed by atoms with Gasteiger partial charge in [0.2, 0.25) is 0 Å². The van der Waals surface area contributed by atoms with Crippen LogP contribution in [0.25, 0.3) is 0 Å². The molecule has 0 aromatic heterocycles. The van der Waals surface area contributed by atoms with Gasteiger partial charge >= 0.3 is 35.8 Å². The first-order valence-corrected chi connectivity index (χ1v) is 34.1. The number of hydrogen-bond acceptors (Lipinski definition) is 18. The molecule has 9 rings (SSSR count). The highest BCUT2D eigenvalue weighted by Gasteiger charge is 2.24. The van der Waals surface area contributed by atoms with E-state index in [4.69, 9.17) is 47.7 Å². The number of aryl methyl sites for hydroxylation is 6. The molecule has 21 heteroatoms. The van der Waals surface area contributed by atoms with Gasteiger partial charge in [-0.2, -0.15) is 0 Å². The summed E-state index contributed by atoms with van der Waals surface area (Å²) >= 11 is 0. The molecule has 3 N–H and O–H groups in total.